The standard InChI is InChI=1S/C13H13N2OS/c1-2-16-11-5-3-10(4-6-11)12-9-15-7-8-17-13(15)14-12/h3-6,9H,1-2,7-8H2. The number of fused-ring (bicyclic) bond motifs is 1. The molecule has 4 heteroatoms. The Morgan fingerprint density at radius 1 is 1.35 bits per heavy atom. The predicted octanol–water partition coefficient (Wildman–Crippen LogP) is 2.87. The Balaban J connectivity index is 1.87. The average Bonchev–Trinajstić information content (AvgIpc) is 2.90. The quantitative estimate of drug-likeness (QED) is 0.832. The first-order valence-corrected chi connectivity index (χ1v) is 6.58. The van der Waals surface area contributed by atoms with Crippen molar-refractivity contribution in [2.75, 3.05) is 12.4 Å². The number of aryl methyl sites for hydroxylation is 1. The zero-order valence-electron chi connectivity index (χ0n) is 9.43. The van der Waals surface area contributed by atoms with Crippen molar-refractivity contribution in [1.82, 2.24) is 9.55 Å². The summed E-state index contributed by atoms with van der Waals surface area (Å²) in [6.45, 7) is 5.17. The third-order valence-electron chi connectivity index (χ3n) is 2.72. The molecule has 1 aromatic carbocycles. The lowest BCUT2D eigenvalue weighted by molar-refractivity contribution is 0.361. The highest BCUT2D eigenvalue weighted by Crippen LogP contribution is 2.29. The number of ether oxygens (including phenoxy) is 1. The van der Waals surface area contributed by atoms with Crippen molar-refractivity contribution >= 4 is 11.8 Å². The normalized spacial score (nSPS) is 13.7. The first kappa shape index (κ1) is 10.7. The van der Waals surface area contributed by atoms with Crippen molar-refractivity contribution in [1.29, 1.82) is 0 Å². The molecule has 1 radical (unpaired) electrons. The van der Waals surface area contributed by atoms with Crippen LogP contribution >= 0.6 is 11.8 Å². The molecule has 0 aliphatic carbocycles. The van der Waals surface area contributed by atoms with E-state index in [0.29, 0.717) is 6.61 Å². The van der Waals surface area contributed by atoms with Crippen LogP contribution in [-0.2, 0) is 6.54 Å². The van der Waals surface area contributed by atoms with Crippen molar-refractivity contribution in [2.24, 2.45) is 0 Å². The molecule has 0 N–H and O–H groups in total. The van der Waals surface area contributed by atoms with E-state index in [1.54, 1.807) is 0 Å². The van der Waals surface area contributed by atoms with E-state index in [1.807, 2.05) is 36.0 Å². The van der Waals surface area contributed by atoms with Gasteiger partial charge < -0.3 is 9.30 Å². The maximum absolute atomic E-state index is 5.32. The highest BCUT2D eigenvalue weighted by atomic mass is 32.2. The summed E-state index contributed by atoms with van der Waals surface area (Å²) in [5.74, 6) is 1.99. The number of hydrogen-bond acceptors (Lipinski definition) is 3. The van der Waals surface area contributed by atoms with Gasteiger partial charge in [-0.15, -0.1) is 0 Å². The van der Waals surface area contributed by atoms with Gasteiger partial charge in [0, 0.05) is 24.1 Å². The highest BCUT2D eigenvalue weighted by molar-refractivity contribution is 7.99. The van der Waals surface area contributed by atoms with Crippen molar-refractivity contribution < 1.29 is 4.74 Å². The molecule has 0 atom stereocenters. The summed E-state index contributed by atoms with van der Waals surface area (Å²) in [6.07, 6.45) is 2.12. The molecule has 0 fully saturated rings. The topological polar surface area (TPSA) is 27.1 Å². The van der Waals surface area contributed by atoms with Crippen LogP contribution in [0.25, 0.3) is 11.3 Å². The van der Waals surface area contributed by atoms with Gasteiger partial charge in [0.2, 0.25) is 0 Å². The van der Waals surface area contributed by atoms with Gasteiger partial charge in [0.15, 0.2) is 5.16 Å². The molecule has 17 heavy (non-hydrogen) atoms. The fraction of sp³-hybridized carbons (Fsp3) is 0.231. The molecular weight excluding hydrogens is 232 g/mol. The minimum atomic E-state index is 0.453. The van der Waals surface area contributed by atoms with Crippen LogP contribution in [0.1, 0.15) is 0 Å². The minimum Gasteiger partial charge on any atom is -0.494 e. The molecule has 1 aliphatic heterocycles. The van der Waals surface area contributed by atoms with Gasteiger partial charge in [-0.25, -0.2) is 4.98 Å². The van der Waals surface area contributed by atoms with Gasteiger partial charge >= 0.3 is 0 Å². The van der Waals surface area contributed by atoms with Crippen molar-refractivity contribution in [3.05, 3.63) is 37.4 Å². The summed E-state index contributed by atoms with van der Waals surface area (Å²) in [4.78, 5) is 4.61. The minimum absolute atomic E-state index is 0.453. The summed E-state index contributed by atoms with van der Waals surface area (Å²) in [5, 5.41) is 1.12. The van der Waals surface area contributed by atoms with Gasteiger partial charge in [-0.2, -0.15) is 0 Å². The van der Waals surface area contributed by atoms with Gasteiger partial charge in [0.05, 0.1) is 12.3 Å². The molecule has 0 amide bonds. The molecule has 1 aliphatic rings. The number of aromatic nitrogens is 2. The van der Waals surface area contributed by atoms with E-state index < -0.39 is 0 Å². The zero-order valence-corrected chi connectivity index (χ0v) is 10.2. The molecular formula is C13H13N2OS. The fourth-order valence-corrected chi connectivity index (χ4v) is 2.83. The number of rotatable bonds is 3. The Bertz CT molecular complexity index is 497. The Hall–Kier alpha value is -1.42. The lowest BCUT2D eigenvalue weighted by Gasteiger charge is -2.03. The second-order valence-corrected chi connectivity index (χ2v) is 4.89. The summed E-state index contributed by atoms with van der Waals surface area (Å²) in [5.41, 5.74) is 2.16. The predicted molar refractivity (Wildman–Crippen MR) is 69.2 cm³/mol. The number of hydrogen-bond donors (Lipinski definition) is 0. The largest absolute Gasteiger partial charge is 0.494 e. The van der Waals surface area contributed by atoms with Crippen molar-refractivity contribution in [3.8, 4) is 17.0 Å². The molecule has 0 spiro atoms. The lowest BCUT2D eigenvalue weighted by atomic mass is 10.2. The van der Waals surface area contributed by atoms with Crippen LogP contribution in [0.4, 0.5) is 0 Å². The Labute approximate surface area is 105 Å². The van der Waals surface area contributed by atoms with E-state index in [9.17, 15) is 0 Å². The van der Waals surface area contributed by atoms with Gasteiger partial charge in [0.1, 0.15) is 5.75 Å². The molecule has 2 heterocycles. The first-order valence-electron chi connectivity index (χ1n) is 5.59. The number of imidazole rings is 1. The Kier molecular flexibility index (Phi) is 2.81. The number of nitrogens with zero attached hydrogens (tertiary/aromatic N) is 2. The summed E-state index contributed by atoms with van der Waals surface area (Å²) >= 11 is 1.81. The highest BCUT2D eigenvalue weighted by Gasteiger charge is 2.14. The monoisotopic (exact) mass is 245 g/mol. The molecule has 87 valence electrons. The Morgan fingerprint density at radius 2 is 2.18 bits per heavy atom. The van der Waals surface area contributed by atoms with E-state index >= 15 is 0 Å². The molecule has 0 unspecified atom stereocenters. The third kappa shape index (κ3) is 2.05. The van der Waals surface area contributed by atoms with Gasteiger partial charge in [-0.05, 0) is 31.2 Å². The number of thioether (sulfide) groups is 1. The second-order valence-electron chi connectivity index (χ2n) is 3.82. The molecule has 1 aromatic heterocycles. The maximum Gasteiger partial charge on any atom is 0.168 e. The maximum atomic E-state index is 5.32. The van der Waals surface area contributed by atoms with Crippen molar-refractivity contribution in [2.45, 2.75) is 11.7 Å². The summed E-state index contributed by atoms with van der Waals surface area (Å²) < 4.78 is 7.53. The van der Waals surface area contributed by atoms with Gasteiger partial charge in [-0.1, -0.05) is 11.8 Å². The first-order chi connectivity index (χ1) is 8.36. The Morgan fingerprint density at radius 3 is 2.88 bits per heavy atom. The fourth-order valence-electron chi connectivity index (χ4n) is 1.89. The SMILES string of the molecule is [CH2]COc1ccc(-c2cn3c(n2)SCC3)cc1. The van der Waals surface area contributed by atoms with Crippen LogP contribution in [0, 0.1) is 6.92 Å². The van der Waals surface area contributed by atoms with Crippen molar-refractivity contribution in [3.63, 3.8) is 0 Å². The zero-order chi connectivity index (χ0) is 11.7. The molecule has 2 aromatic rings. The van der Waals surface area contributed by atoms with E-state index in [2.05, 4.69) is 22.7 Å². The number of benzene rings is 1. The average molecular weight is 245 g/mol. The molecule has 3 rings (SSSR count). The third-order valence-corrected chi connectivity index (χ3v) is 3.69. The molecule has 0 saturated heterocycles. The van der Waals surface area contributed by atoms with Gasteiger partial charge in [-0.3, -0.25) is 0 Å². The van der Waals surface area contributed by atoms with Crippen LogP contribution in [0.3, 0.4) is 0 Å². The van der Waals surface area contributed by atoms with E-state index in [1.165, 1.54) is 0 Å². The molecule has 3 nitrogen and oxygen atoms in total. The second kappa shape index (κ2) is 4.45. The lowest BCUT2D eigenvalue weighted by Crippen LogP contribution is -1.91. The van der Waals surface area contributed by atoms with Crippen LogP contribution in [0.15, 0.2) is 35.6 Å². The van der Waals surface area contributed by atoms with E-state index in [4.69, 9.17) is 4.74 Å². The molecule has 0 saturated carbocycles. The van der Waals surface area contributed by atoms with E-state index in [0.717, 1.165) is 34.5 Å². The summed E-state index contributed by atoms with van der Waals surface area (Å²) in [6, 6.07) is 7.98. The van der Waals surface area contributed by atoms with Crippen LogP contribution in [-0.4, -0.2) is 21.9 Å². The van der Waals surface area contributed by atoms with Gasteiger partial charge in [0.25, 0.3) is 0 Å². The smallest absolute Gasteiger partial charge is 0.168 e. The van der Waals surface area contributed by atoms with Crippen LogP contribution in [0.5, 0.6) is 5.75 Å². The van der Waals surface area contributed by atoms with Crippen LogP contribution in [0.2, 0.25) is 0 Å². The molecule has 0 bridgehead atoms. The van der Waals surface area contributed by atoms with Crippen LogP contribution < -0.4 is 4.74 Å². The van der Waals surface area contributed by atoms with E-state index in [-0.39, 0.29) is 0 Å². The summed E-state index contributed by atoms with van der Waals surface area (Å²) in [7, 11) is 0.